The van der Waals surface area contributed by atoms with Gasteiger partial charge in [-0.1, -0.05) is 30.3 Å². The SMILES string of the molecule is O=C(Cl)N1CCN(Cc2ccccc2)C2(CC2)C1. The molecule has 0 bridgehead atoms. The Hall–Kier alpha value is -1.06. The number of rotatable bonds is 2. The normalized spacial score (nSPS) is 22.2. The molecule has 0 N–H and O–H groups in total. The van der Waals surface area contributed by atoms with Crippen LogP contribution in [-0.4, -0.2) is 40.3 Å². The summed E-state index contributed by atoms with van der Waals surface area (Å²) in [7, 11) is 0. The third kappa shape index (κ3) is 2.25. The fraction of sp³-hybridized carbons (Fsp3) is 0.500. The Kier molecular flexibility index (Phi) is 3.04. The quantitative estimate of drug-likeness (QED) is 0.606. The van der Waals surface area contributed by atoms with Crippen molar-refractivity contribution >= 4 is 17.0 Å². The van der Waals surface area contributed by atoms with Gasteiger partial charge in [-0.3, -0.25) is 9.69 Å². The molecular formula is C14H17ClN2O. The molecule has 1 aliphatic heterocycles. The van der Waals surface area contributed by atoms with E-state index in [0.717, 1.165) is 26.2 Å². The number of hydrogen-bond acceptors (Lipinski definition) is 2. The molecule has 1 saturated heterocycles. The number of nitrogens with zero attached hydrogens (tertiary/aromatic N) is 2. The molecule has 4 heteroatoms. The van der Waals surface area contributed by atoms with Crippen LogP contribution in [0.3, 0.4) is 0 Å². The Bertz CT molecular complexity index is 444. The molecule has 3 rings (SSSR count). The average Bonchev–Trinajstić information content (AvgIpc) is 3.14. The monoisotopic (exact) mass is 264 g/mol. The van der Waals surface area contributed by atoms with Crippen molar-refractivity contribution in [2.75, 3.05) is 19.6 Å². The molecule has 0 radical (unpaired) electrons. The van der Waals surface area contributed by atoms with Crippen molar-refractivity contribution in [2.24, 2.45) is 0 Å². The van der Waals surface area contributed by atoms with Crippen LogP contribution in [0.4, 0.5) is 4.79 Å². The van der Waals surface area contributed by atoms with Crippen LogP contribution in [-0.2, 0) is 6.54 Å². The van der Waals surface area contributed by atoms with E-state index in [-0.39, 0.29) is 10.9 Å². The van der Waals surface area contributed by atoms with Crippen molar-refractivity contribution in [3.8, 4) is 0 Å². The number of amides is 1. The molecule has 1 aromatic rings. The molecule has 96 valence electrons. The van der Waals surface area contributed by atoms with Gasteiger partial charge in [0.05, 0.1) is 0 Å². The van der Waals surface area contributed by atoms with Gasteiger partial charge >= 0.3 is 5.37 Å². The van der Waals surface area contributed by atoms with Crippen molar-refractivity contribution < 1.29 is 4.79 Å². The molecule has 1 heterocycles. The number of carbonyl (C=O) groups excluding carboxylic acids is 1. The van der Waals surface area contributed by atoms with E-state index in [1.165, 1.54) is 18.4 Å². The van der Waals surface area contributed by atoms with Gasteiger partial charge in [-0.15, -0.1) is 0 Å². The number of halogens is 1. The summed E-state index contributed by atoms with van der Waals surface area (Å²) in [5, 5.41) is -0.305. The van der Waals surface area contributed by atoms with Gasteiger partial charge in [-0.2, -0.15) is 0 Å². The highest BCUT2D eigenvalue weighted by Crippen LogP contribution is 2.45. The van der Waals surface area contributed by atoms with Gasteiger partial charge in [-0.25, -0.2) is 0 Å². The summed E-state index contributed by atoms with van der Waals surface area (Å²) < 4.78 is 0. The van der Waals surface area contributed by atoms with Crippen LogP contribution in [0.15, 0.2) is 30.3 Å². The standard InChI is InChI=1S/C14H17ClN2O/c15-13(18)16-8-9-17(14(11-16)6-7-14)10-12-4-2-1-3-5-12/h1-5H,6-11H2. The van der Waals surface area contributed by atoms with Crippen molar-refractivity contribution in [3.05, 3.63) is 35.9 Å². The van der Waals surface area contributed by atoms with E-state index in [4.69, 9.17) is 11.6 Å². The van der Waals surface area contributed by atoms with Crippen LogP contribution in [0.25, 0.3) is 0 Å². The van der Waals surface area contributed by atoms with Crippen molar-refractivity contribution in [1.29, 1.82) is 0 Å². The van der Waals surface area contributed by atoms with E-state index in [1.807, 2.05) is 6.07 Å². The maximum Gasteiger partial charge on any atom is 0.316 e. The largest absolute Gasteiger partial charge is 0.326 e. The van der Waals surface area contributed by atoms with Gasteiger partial charge in [0.25, 0.3) is 0 Å². The lowest BCUT2D eigenvalue weighted by molar-refractivity contribution is 0.0761. The van der Waals surface area contributed by atoms with Crippen LogP contribution in [0.1, 0.15) is 18.4 Å². The van der Waals surface area contributed by atoms with Crippen molar-refractivity contribution in [1.82, 2.24) is 9.80 Å². The van der Waals surface area contributed by atoms with Gasteiger partial charge in [0.2, 0.25) is 0 Å². The van der Waals surface area contributed by atoms with E-state index in [2.05, 4.69) is 29.2 Å². The van der Waals surface area contributed by atoms with Gasteiger partial charge in [0.15, 0.2) is 0 Å². The third-order valence-electron chi connectivity index (χ3n) is 4.09. The van der Waals surface area contributed by atoms with Crippen LogP contribution in [0.2, 0.25) is 0 Å². The minimum Gasteiger partial charge on any atom is -0.326 e. The summed E-state index contributed by atoms with van der Waals surface area (Å²) >= 11 is 5.59. The molecule has 1 aliphatic carbocycles. The number of piperazine rings is 1. The molecule has 2 fully saturated rings. The number of carbonyl (C=O) groups is 1. The van der Waals surface area contributed by atoms with E-state index < -0.39 is 0 Å². The summed E-state index contributed by atoms with van der Waals surface area (Å²) in [6.45, 7) is 3.44. The molecule has 0 aromatic heterocycles. The fourth-order valence-corrected chi connectivity index (χ4v) is 2.98. The molecule has 1 spiro atoms. The molecule has 18 heavy (non-hydrogen) atoms. The van der Waals surface area contributed by atoms with E-state index >= 15 is 0 Å². The highest BCUT2D eigenvalue weighted by Gasteiger charge is 2.51. The van der Waals surface area contributed by atoms with Crippen LogP contribution < -0.4 is 0 Å². The second kappa shape index (κ2) is 4.56. The highest BCUT2D eigenvalue weighted by atomic mass is 35.5. The van der Waals surface area contributed by atoms with Gasteiger partial charge in [-0.05, 0) is 30.0 Å². The van der Waals surface area contributed by atoms with E-state index in [9.17, 15) is 4.79 Å². The zero-order valence-electron chi connectivity index (χ0n) is 10.3. The molecule has 0 atom stereocenters. The second-order valence-corrected chi connectivity index (χ2v) is 5.63. The Labute approximate surface area is 112 Å². The third-order valence-corrected chi connectivity index (χ3v) is 4.33. The summed E-state index contributed by atoms with van der Waals surface area (Å²) in [6.07, 6.45) is 2.36. The lowest BCUT2D eigenvalue weighted by atomic mass is 10.1. The van der Waals surface area contributed by atoms with E-state index in [0.29, 0.717) is 0 Å². The highest BCUT2D eigenvalue weighted by molar-refractivity contribution is 6.62. The minimum atomic E-state index is -0.305. The summed E-state index contributed by atoms with van der Waals surface area (Å²) in [4.78, 5) is 15.5. The van der Waals surface area contributed by atoms with Crippen molar-refractivity contribution in [2.45, 2.75) is 24.9 Å². The van der Waals surface area contributed by atoms with Gasteiger partial charge in [0, 0.05) is 31.7 Å². The first-order valence-electron chi connectivity index (χ1n) is 6.43. The lowest BCUT2D eigenvalue weighted by Crippen LogP contribution is -2.55. The predicted octanol–water partition coefficient (Wildman–Crippen LogP) is 2.70. The zero-order valence-corrected chi connectivity index (χ0v) is 11.1. The van der Waals surface area contributed by atoms with Crippen LogP contribution in [0.5, 0.6) is 0 Å². The molecule has 2 aliphatic rings. The molecule has 1 amide bonds. The van der Waals surface area contributed by atoms with Gasteiger partial charge < -0.3 is 4.90 Å². The van der Waals surface area contributed by atoms with Crippen molar-refractivity contribution in [3.63, 3.8) is 0 Å². The minimum absolute atomic E-state index is 0.207. The fourth-order valence-electron chi connectivity index (χ4n) is 2.83. The molecule has 1 saturated carbocycles. The lowest BCUT2D eigenvalue weighted by Gasteiger charge is -2.41. The molecular weight excluding hydrogens is 248 g/mol. The topological polar surface area (TPSA) is 23.6 Å². The number of hydrogen-bond donors (Lipinski definition) is 0. The Morgan fingerprint density at radius 2 is 1.94 bits per heavy atom. The second-order valence-electron chi connectivity index (χ2n) is 5.31. The smallest absolute Gasteiger partial charge is 0.316 e. The van der Waals surface area contributed by atoms with E-state index in [1.54, 1.807) is 4.90 Å². The Morgan fingerprint density at radius 1 is 1.22 bits per heavy atom. The molecule has 1 aromatic carbocycles. The van der Waals surface area contributed by atoms with Crippen LogP contribution >= 0.6 is 11.6 Å². The first kappa shape index (κ1) is 12.0. The number of benzene rings is 1. The Balaban J connectivity index is 1.70. The molecule has 3 nitrogen and oxygen atoms in total. The first-order chi connectivity index (χ1) is 8.70. The maximum atomic E-state index is 11.3. The predicted molar refractivity (Wildman–Crippen MR) is 71.6 cm³/mol. The summed E-state index contributed by atoms with van der Waals surface area (Å²) in [5.74, 6) is 0. The maximum absolute atomic E-state index is 11.3. The summed E-state index contributed by atoms with van der Waals surface area (Å²) in [5.41, 5.74) is 1.55. The Morgan fingerprint density at radius 3 is 2.56 bits per heavy atom. The first-order valence-corrected chi connectivity index (χ1v) is 6.81. The van der Waals surface area contributed by atoms with Gasteiger partial charge in [0.1, 0.15) is 0 Å². The summed E-state index contributed by atoms with van der Waals surface area (Å²) in [6, 6.07) is 10.5. The zero-order chi connectivity index (χ0) is 12.6. The average molecular weight is 265 g/mol. The van der Waals surface area contributed by atoms with Crippen LogP contribution in [0, 0.1) is 0 Å². The molecule has 0 unspecified atom stereocenters.